The summed E-state index contributed by atoms with van der Waals surface area (Å²) in [5.74, 6) is 0. The lowest BCUT2D eigenvalue weighted by Gasteiger charge is -2.25. The monoisotopic (exact) mass is 313 g/mol. The Balaban J connectivity index is 2.31. The second-order valence-corrected chi connectivity index (χ2v) is 6.67. The molecular weight excluding hydrogens is 290 g/mol. The van der Waals surface area contributed by atoms with Gasteiger partial charge in [0.25, 0.3) is 0 Å². The lowest BCUT2D eigenvalue weighted by Crippen LogP contribution is -2.45. The number of carbonyl (C=O) groups excluding carboxylic acids is 1. The number of aliphatic hydroxyl groups is 1. The molecule has 3 N–H and O–H groups in total. The van der Waals surface area contributed by atoms with Crippen LogP contribution in [0.15, 0.2) is 18.3 Å². The highest BCUT2D eigenvalue weighted by molar-refractivity contribution is 6.29. The molecule has 21 heavy (non-hydrogen) atoms. The number of aliphatic hydroxyl groups excluding tert-OH is 1. The molecule has 0 aliphatic carbocycles. The van der Waals surface area contributed by atoms with Gasteiger partial charge in [-0.3, -0.25) is 0 Å². The maximum absolute atomic E-state index is 11.8. The maximum atomic E-state index is 11.8. The summed E-state index contributed by atoms with van der Waals surface area (Å²) in [7, 11) is 0. The van der Waals surface area contributed by atoms with Gasteiger partial charge in [0.2, 0.25) is 0 Å². The van der Waals surface area contributed by atoms with E-state index >= 15 is 0 Å². The van der Waals surface area contributed by atoms with Crippen LogP contribution in [0.25, 0.3) is 0 Å². The smallest absolute Gasteiger partial charge is 0.315 e. The van der Waals surface area contributed by atoms with Gasteiger partial charge in [-0.05, 0) is 29.9 Å². The number of halogens is 1. The van der Waals surface area contributed by atoms with Crippen LogP contribution < -0.4 is 10.6 Å². The van der Waals surface area contributed by atoms with Crippen LogP contribution >= 0.6 is 11.6 Å². The summed E-state index contributed by atoms with van der Waals surface area (Å²) in [6.07, 6.45) is 3.09. The number of hydrogen-bond acceptors (Lipinski definition) is 3. The molecule has 1 heterocycles. The molecule has 0 aliphatic heterocycles. The van der Waals surface area contributed by atoms with Gasteiger partial charge in [0.1, 0.15) is 5.15 Å². The van der Waals surface area contributed by atoms with Crippen LogP contribution in [0.2, 0.25) is 5.15 Å². The standard InChI is InChI=1S/C15H24ClN3O2/c1-15(2,3)8-12(10-20)19-14(21)17-7-6-11-4-5-13(16)18-9-11/h4-5,9,12,20H,6-8,10H2,1-3H3,(H2,17,19,21). The molecule has 1 atom stereocenters. The minimum Gasteiger partial charge on any atom is -0.394 e. The molecule has 0 fully saturated rings. The van der Waals surface area contributed by atoms with Gasteiger partial charge in [-0.1, -0.05) is 38.4 Å². The first-order valence-electron chi connectivity index (χ1n) is 7.06. The van der Waals surface area contributed by atoms with Crippen LogP contribution in [0.5, 0.6) is 0 Å². The van der Waals surface area contributed by atoms with Gasteiger partial charge >= 0.3 is 6.03 Å². The highest BCUT2D eigenvalue weighted by atomic mass is 35.5. The number of nitrogens with zero attached hydrogens (tertiary/aromatic N) is 1. The highest BCUT2D eigenvalue weighted by Gasteiger charge is 2.19. The average Bonchev–Trinajstić information content (AvgIpc) is 2.38. The molecule has 1 aromatic rings. The van der Waals surface area contributed by atoms with E-state index in [-0.39, 0.29) is 24.1 Å². The number of hydrogen-bond donors (Lipinski definition) is 3. The fourth-order valence-electron chi connectivity index (χ4n) is 2.01. The van der Waals surface area contributed by atoms with Gasteiger partial charge < -0.3 is 15.7 Å². The normalized spacial score (nSPS) is 12.8. The van der Waals surface area contributed by atoms with E-state index in [0.717, 1.165) is 12.0 Å². The molecular formula is C15H24ClN3O2. The van der Waals surface area contributed by atoms with Gasteiger partial charge in [0, 0.05) is 12.7 Å². The van der Waals surface area contributed by atoms with Crippen molar-refractivity contribution in [2.45, 2.75) is 39.7 Å². The third-order valence-electron chi connectivity index (χ3n) is 2.90. The zero-order valence-corrected chi connectivity index (χ0v) is 13.6. The van der Waals surface area contributed by atoms with Crippen molar-refractivity contribution >= 4 is 17.6 Å². The Kier molecular flexibility index (Phi) is 6.92. The summed E-state index contributed by atoms with van der Waals surface area (Å²) >= 11 is 5.71. The third-order valence-corrected chi connectivity index (χ3v) is 3.13. The van der Waals surface area contributed by atoms with Crippen molar-refractivity contribution in [3.05, 3.63) is 29.0 Å². The number of rotatable bonds is 6. The number of nitrogens with one attached hydrogen (secondary N) is 2. The number of amides is 2. The topological polar surface area (TPSA) is 74.2 Å². The van der Waals surface area contributed by atoms with Crippen LogP contribution in [-0.4, -0.2) is 35.3 Å². The van der Waals surface area contributed by atoms with Crippen molar-refractivity contribution in [1.82, 2.24) is 15.6 Å². The second kappa shape index (κ2) is 8.20. The number of urea groups is 1. The summed E-state index contributed by atoms with van der Waals surface area (Å²) in [4.78, 5) is 15.8. The molecule has 0 bridgehead atoms. The Labute approximate surface area is 131 Å². The first kappa shape index (κ1) is 17.7. The molecule has 6 heteroatoms. The van der Waals surface area contributed by atoms with E-state index < -0.39 is 0 Å². The molecule has 2 amide bonds. The van der Waals surface area contributed by atoms with E-state index in [0.29, 0.717) is 18.1 Å². The number of aromatic nitrogens is 1. The van der Waals surface area contributed by atoms with Gasteiger partial charge in [0.05, 0.1) is 12.6 Å². The molecule has 0 aromatic carbocycles. The second-order valence-electron chi connectivity index (χ2n) is 6.28. The van der Waals surface area contributed by atoms with E-state index in [2.05, 4.69) is 36.4 Å². The minimum absolute atomic E-state index is 0.0512. The Bertz CT molecular complexity index is 443. The fourth-order valence-corrected chi connectivity index (χ4v) is 2.12. The van der Waals surface area contributed by atoms with Crippen molar-refractivity contribution in [2.24, 2.45) is 5.41 Å². The van der Waals surface area contributed by atoms with Gasteiger partial charge in [-0.25, -0.2) is 9.78 Å². The molecule has 1 rings (SSSR count). The molecule has 1 unspecified atom stereocenters. The first-order chi connectivity index (χ1) is 9.80. The van der Waals surface area contributed by atoms with Crippen LogP contribution in [0.3, 0.4) is 0 Å². The molecule has 0 spiro atoms. The molecule has 118 valence electrons. The fraction of sp³-hybridized carbons (Fsp3) is 0.600. The molecule has 0 radical (unpaired) electrons. The van der Waals surface area contributed by atoms with Crippen molar-refractivity contribution in [2.75, 3.05) is 13.2 Å². The SMILES string of the molecule is CC(C)(C)CC(CO)NC(=O)NCCc1ccc(Cl)nc1. The quantitative estimate of drug-likeness (QED) is 0.706. The van der Waals surface area contributed by atoms with Crippen LogP contribution in [0, 0.1) is 5.41 Å². The van der Waals surface area contributed by atoms with Crippen molar-refractivity contribution < 1.29 is 9.90 Å². The molecule has 0 saturated heterocycles. The predicted molar refractivity (Wildman–Crippen MR) is 84.4 cm³/mol. The lowest BCUT2D eigenvalue weighted by molar-refractivity contribution is 0.191. The average molecular weight is 314 g/mol. The van der Waals surface area contributed by atoms with Crippen molar-refractivity contribution in [3.8, 4) is 0 Å². The van der Waals surface area contributed by atoms with Gasteiger partial charge in [-0.15, -0.1) is 0 Å². The van der Waals surface area contributed by atoms with Crippen LogP contribution in [0.4, 0.5) is 4.79 Å². The van der Waals surface area contributed by atoms with Gasteiger partial charge in [-0.2, -0.15) is 0 Å². The predicted octanol–water partition coefficient (Wildman–Crippen LogP) is 2.37. The molecule has 5 nitrogen and oxygen atoms in total. The third kappa shape index (κ3) is 7.87. The Morgan fingerprint density at radius 2 is 2.14 bits per heavy atom. The maximum Gasteiger partial charge on any atom is 0.315 e. The number of carbonyl (C=O) groups is 1. The lowest BCUT2D eigenvalue weighted by atomic mass is 9.88. The highest BCUT2D eigenvalue weighted by Crippen LogP contribution is 2.20. The van der Waals surface area contributed by atoms with E-state index in [1.807, 2.05) is 6.07 Å². The molecule has 1 aromatic heterocycles. The Morgan fingerprint density at radius 1 is 1.43 bits per heavy atom. The Morgan fingerprint density at radius 3 is 2.67 bits per heavy atom. The summed E-state index contributed by atoms with van der Waals surface area (Å²) in [6, 6.07) is 3.11. The van der Waals surface area contributed by atoms with E-state index in [4.69, 9.17) is 11.6 Å². The zero-order valence-electron chi connectivity index (χ0n) is 12.8. The van der Waals surface area contributed by atoms with E-state index in [1.165, 1.54) is 0 Å². The largest absolute Gasteiger partial charge is 0.394 e. The zero-order chi connectivity index (χ0) is 15.9. The molecule has 0 aliphatic rings. The number of pyridine rings is 1. The van der Waals surface area contributed by atoms with Crippen LogP contribution in [-0.2, 0) is 6.42 Å². The minimum atomic E-state index is -0.264. The summed E-state index contributed by atoms with van der Waals surface area (Å²) < 4.78 is 0. The van der Waals surface area contributed by atoms with Crippen molar-refractivity contribution in [3.63, 3.8) is 0 Å². The van der Waals surface area contributed by atoms with Crippen LogP contribution in [0.1, 0.15) is 32.8 Å². The van der Waals surface area contributed by atoms with Gasteiger partial charge in [0.15, 0.2) is 0 Å². The summed E-state index contributed by atoms with van der Waals surface area (Å²) in [5.41, 5.74) is 1.06. The summed E-state index contributed by atoms with van der Waals surface area (Å²) in [6.45, 7) is 6.66. The first-order valence-corrected chi connectivity index (χ1v) is 7.43. The van der Waals surface area contributed by atoms with E-state index in [1.54, 1.807) is 12.3 Å². The Hall–Kier alpha value is -1.33. The summed E-state index contributed by atoms with van der Waals surface area (Å²) in [5, 5.41) is 15.3. The van der Waals surface area contributed by atoms with Crippen molar-refractivity contribution in [1.29, 1.82) is 0 Å². The van der Waals surface area contributed by atoms with E-state index in [9.17, 15) is 9.90 Å². The molecule has 0 saturated carbocycles.